The van der Waals surface area contributed by atoms with Crippen LogP contribution in [0.1, 0.15) is 40.9 Å². The Kier molecular flexibility index (Phi) is 7.63. The van der Waals surface area contributed by atoms with E-state index in [9.17, 15) is 14.4 Å². The first-order valence-electron chi connectivity index (χ1n) is 8.56. The fourth-order valence-electron chi connectivity index (χ4n) is 2.14. The Morgan fingerprint density at radius 1 is 1.07 bits per heavy atom. The van der Waals surface area contributed by atoms with Crippen molar-refractivity contribution in [3.05, 3.63) is 55.7 Å². The van der Waals surface area contributed by atoms with Crippen LogP contribution in [0, 0.1) is 5.41 Å². The van der Waals surface area contributed by atoms with Gasteiger partial charge >= 0.3 is 5.97 Å². The number of carbonyl (C=O) groups excluding carboxylic acids is 3. The molecule has 2 rings (SSSR count). The smallest absolute Gasteiger partial charge is 0.310 e. The number of nitrogens with one attached hydrogen (secondary N) is 1. The molecule has 1 heterocycles. The first-order chi connectivity index (χ1) is 13.1. The van der Waals surface area contributed by atoms with E-state index < -0.39 is 11.4 Å². The number of hydrogen-bond acceptors (Lipinski definition) is 5. The van der Waals surface area contributed by atoms with Crippen LogP contribution in [0.25, 0.3) is 0 Å². The molecule has 0 aliphatic rings. The van der Waals surface area contributed by atoms with Crippen LogP contribution < -0.4 is 5.32 Å². The summed E-state index contributed by atoms with van der Waals surface area (Å²) < 4.78 is 5.06. The minimum absolute atomic E-state index is 0.00130. The predicted octanol–water partition coefficient (Wildman–Crippen LogP) is 4.69. The number of Topliss-reactive ketones (excluding diaryl/α,β-unsaturated/α-hetero) is 1. The van der Waals surface area contributed by atoms with Crippen molar-refractivity contribution in [2.45, 2.75) is 33.7 Å². The van der Waals surface area contributed by atoms with Gasteiger partial charge in [-0.2, -0.15) is 0 Å². The molecule has 0 fully saturated rings. The second-order valence-corrected chi connectivity index (χ2v) is 9.19. The third kappa shape index (κ3) is 6.62. The van der Waals surface area contributed by atoms with Crippen molar-refractivity contribution < 1.29 is 19.1 Å². The Labute approximate surface area is 178 Å². The van der Waals surface area contributed by atoms with E-state index in [1.54, 1.807) is 30.3 Å². The Morgan fingerprint density at radius 3 is 2.43 bits per heavy atom. The number of halogens is 2. The maximum Gasteiger partial charge on any atom is 0.310 e. The molecule has 1 aromatic carbocycles. The maximum atomic E-state index is 12.2. The molecule has 1 N–H and O–H groups in total. The van der Waals surface area contributed by atoms with Gasteiger partial charge in [0.15, 0.2) is 6.61 Å². The van der Waals surface area contributed by atoms with Gasteiger partial charge in [-0.05, 0) is 29.8 Å². The van der Waals surface area contributed by atoms with Crippen molar-refractivity contribution >= 4 is 52.2 Å². The highest BCUT2D eigenvalue weighted by atomic mass is 35.5. The minimum atomic E-state index is -0.527. The van der Waals surface area contributed by atoms with Crippen molar-refractivity contribution in [3.8, 4) is 0 Å². The quantitative estimate of drug-likeness (QED) is 0.499. The number of hydrogen-bond donors (Lipinski definition) is 1. The highest BCUT2D eigenvalue weighted by molar-refractivity contribution is 7.14. The van der Waals surface area contributed by atoms with Gasteiger partial charge in [0.1, 0.15) is 0 Å². The third-order valence-electron chi connectivity index (χ3n) is 3.74. The van der Waals surface area contributed by atoms with Crippen LogP contribution in [0.2, 0.25) is 10.0 Å². The minimum Gasteiger partial charge on any atom is -0.457 e. The van der Waals surface area contributed by atoms with Crippen LogP contribution in [0.3, 0.4) is 0 Å². The molecule has 0 atom stereocenters. The second-order valence-electron chi connectivity index (χ2n) is 7.21. The van der Waals surface area contributed by atoms with Crippen molar-refractivity contribution in [2.24, 2.45) is 5.41 Å². The molecule has 2 aromatic rings. The molecule has 0 aliphatic carbocycles. The molecule has 1 aromatic heterocycles. The first-order valence-corrected chi connectivity index (χ1v) is 10.1. The first kappa shape index (κ1) is 22.4. The Hall–Kier alpha value is -1.89. The standard InChI is InChI=1S/C20H21Cl2NO4S/c1-20(2,3)19(26)23-10-13-5-7-17(28-13)16(24)11-27-18(25)9-12-4-6-14(21)15(22)8-12/h4-8H,9-11H2,1-3H3,(H,23,26). The topological polar surface area (TPSA) is 72.5 Å². The van der Waals surface area contributed by atoms with Gasteiger partial charge in [0.2, 0.25) is 11.7 Å². The van der Waals surface area contributed by atoms with Gasteiger partial charge < -0.3 is 10.1 Å². The van der Waals surface area contributed by atoms with E-state index in [1.165, 1.54) is 11.3 Å². The zero-order valence-electron chi connectivity index (χ0n) is 15.8. The third-order valence-corrected chi connectivity index (χ3v) is 5.60. The SMILES string of the molecule is CC(C)(C)C(=O)NCc1ccc(C(=O)COC(=O)Cc2ccc(Cl)c(Cl)c2)s1. The van der Waals surface area contributed by atoms with Crippen LogP contribution in [0.5, 0.6) is 0 Å². The highest BCUT2D eigenvalue weighted by Crippen LogP contribution is 2.23. The number of benzene rings is 1. The molecule has 150 valence electrons. The summed E-state index contributed by atoms with van der Waals surface area (Å²) >= 11 is 13.0. The predicted molar refractivity (Wildman–Crippen MR) is 111 cm³/mol. The zero-order chi connectivity index (χ0) is 20.9. The molecule has 0 bridgehead atoms. The molecule has 8 heteroatoms. The van der Waals surface area contributed by atoms with E-state index in [0.717, 1.165) is 4.88 Å². The number of esters is 1. The molecule has 0 radical (unpaired) electrons. The average molecular weight is 442 g/mol. The highest BCUT2D eigenvalue weighted by Gasteiger charge is 2.21. The van der Waals surface area contributed by atoms with Gasteiger partial charge in [0.05, 0.1) is 27.9 Å². The van der Waals surface area contributed by atoms with Crippen molar-refractivity contribution in [3.63, 3.8) is 0 Å². The van der Waals surface area contributed by atoms with Gasteiger partial charge in [-0.3, -0.25) is 14.4 Å². The lowest BCUT2D eigenvalue weighted by Gasteiger charge is -2.17. The number of thiophene rings is 1. The molecule has 0 saturated heterocycles. The lowest BCUT2D eigenvalue weighted by atomic mass is 9.96. The van der Waals surface area contributed by atoms with Crippen LogP contribution in [-0.2, 0) is 27.3 Å². The van der Waals surface area contributed by atoms with E-state index in [2.05, 4.69) is 5.32 Å². The van der Waals surface area contributed by atoms with E-state index in [-0.39, 0.29) is 24.7 Å². The summed E-state index contributed by atoms with van der Waals surface area (Å²) in [7, 11) is 0. The zero-order valence-corrected chi connectivity index (χ0v) is 18.1. The monoisotopic (exact) mass is 441 g/mol. The fourth-order valence-corrected chi connectivity index (χ4v) is 3.33. The van der Waals surface area contributed by atoms with Crippen LogP contribution >= 0.6 is 34.5 Å². The maximum absolute atomic E-state index is 12.2. The number of ether oxygens (including phenoxy) is 1. The molecule has 5 nitrogen and oxygen atoms in total. The summed E-state index contributed by atoms with van der Waals surface area (Å²) in [6.45, 7) is 5.51. The van der Waals surface area contributed by atoms with Crippen LogP contribution in [0.15, 0.2) is 30.3 Å². The van der Waals surface area contributed by atoms with E-state index in [1.807, 2.05) is 20.8 Å². The number of rotatable bonds is 7. The fraction of sp³-hybridized carbons (Fsp3) is 0.350. The molecule has 1 amide bonds. The van der Waals surface area contributed by atoms with E-state index >= 15 is 0 Å². The Balaban J connectivity index is 1.83. The lowest BCUT2D eigenvalue weighted by molar-refractivity contribution is -0.141. The molecule has 28 heavy (non-hydrogen) atoms. The normalized spacial score (nSPS) is 11.2. The van der Waals surface area contributed by atoms with Crippen LogP contribution in [-0.4, -0.2) is 24.3 Å². The summed E-state index contributed by atoms with van der Waals surface area (Å²) in [5, 5.41) is 3.59. The van der Waals surface area contributed by atoms with Gasteiger partial charge in [-0.1, -0.05) is 50.0 Å². The van der Waals surface area contributed by atoms with Crippen molar-refractivity contribution in [1.82, 2.24) is 5.32 Å². The van der Waals surface area contributed by atoms with Gasteiger partial charge in [-0.15, -0.1) is 11.3 Å². The summed E-state index contributed by atoms with van der Waals surface area (Å²) in [5.74, 6) is -0.883. The van der Waals surface area contributed by atoms with Crippen LogP contribution in [0.4, 0.5) is 0 Å². The summed E-state index contributed by atoms with van der Waals surface area (Å²) in [6, 6.07) is 8.30. The summed E-state index contributed by atoms with van der Waals surface area (Å²) in [5.41, 5.74) is 0.179. The largest absolute Gasteiger partial charge is 0.457 e. The van der Waals surface area contributed by atoms with E-state index in [0.29, 0.717) is 27.0 Å². The average Bonchev–Trinajstić information content (AvgIpc) is 3.09. The molecular weight excluding hydrogens is 421 g/mol. The molecule has 0 unspecified atom stereocenters. The Bertz CT molecular complexity index is 887. The number of amides is 1. The number of carbonyl (C=O) groups is 3. The molecule has 0 aliphatic heterocycles. The molecular formula is C20H21Cl2NO4S. The molecule has 0 spiro atoms. The number of ketones is 1. The molecule has 0 saturated carbocycles. The lowest BCUT2D eigenvalue weighted by Crippen LogP contribution is -2.34. The van der Waals surface area contributed by atoms with Gasteiger partial charge in [-0.25, -0.2) is 0 Å². The Morgan fingerprint density at radius 2 is 1.79 bits per heavy atom. The second kappa shape index (κ2) is 9.54. The van der Waals surface area contributed by atoms with E-state index in [4.69, 9.17) is 27.9 Å². The summed E-state index contributed by atoms with van der Waals surface area (Å²) in [4.78, 5) is 37.4. The van der Waals surface area contributed by atoms with Crippen molar-refractivity contribution in [2.75, 3.05) is 6.61 Å². The summed E-state index contributed by atoms with van der Waals surface area (Å²) in [6.07, 6.45) is -0.00130. The van der Waals surface area contributed by atoms with Gasteiger partial charge in [0, 0.05) is 10.3 Å². The van der Waals surface area contributed by atoms with Crippen molar-refractivity contribution in [1.29, 1.82) is 0 Å². The van der Waals surface area contributed by atoms with Gasteiger partial charge in [0.25, 0.3) is 0 Å².